The summed E-state index contributed by atoms with van der Waals surface area (Å²) >= 11 is 0. The lowest BCUT2D eigenvalue weighted by Gasteiger charge is -2.69. The van der Waals surface area contributed by atoms with Crippen molar-refractivity contribution < 1.29 is 14.3 Å². The number of cyclic esters (lactones) is 1. The molecule has 3 heteroatoms. The average Bonchev–Trinajstić information content (AvgIpc) is 3.20. The Kier molecular flexibility index (Phi) is 4.16. The molecule has 4 aliphatic carbocycles. The Morgan fingerprint density at radius 3 is 2.17 bits per heavy atom. The van der Waals surface area contributed by atoms with E-state index < -0.39 is 5.60 Å². The number of hydrogen-bond donors (Lipinski definition) is 0. The van der Waals surface area contributed by atoms with E-state index in [0.717, 1.165) is 19.3 Å². The van der Waals surface area contributed by atoms with Crippen molar-refractivity contribution in [3.05, 3.63) is 12.2 Å². The minimum atomic E-state index is -0.428. The van der Waals surface area contributed by atoms with E-state index in [1.165, 1.54) is 32.1 Å². The standard InChI is InChI=1S/C27H40O3/c1-23(2)19-10-15-26(5)20(24(19,3)13-11-21(23)28)8-7-17-18(9-14-25(17,26)4)27(6)16-12-22(29)30-27/h12,16-20H,7-11,13-15H2,1-6H3/t17-,18+,19+,20-,24+,25-,26-,27+/m1/s1. The fourth-order valence-electron chi connectivity index (χ4n) is 9.95. The molecule has 0 N–H and O–H groups in total. The molecule has 0 amide bonds. The highest BCUT2D eigenvalue weighted by Crippen LogP contribution is 2.75. The summed E-state index contributed by atoms with van der Waals surface area (Å²) < 4.78 is 5.85. The van der Waals surface area contributed by atoms with Crippen molar-refractivity contribution in [1.82, 2.24) is 0 Å². The van der Waals surface area contributed by atoms with Crippen molar-refractivity contribution >= 4 is 11.8 Å². The molecule has 30 heavy (non-hydrogen) atoms. The van der Waals surface area contributed by atoms with Crippen molar-refractivity contribution in [3.63, 3.8) is 0 Å². The third kappa shape index (κ3) is 2.33. The largest absolute Gasteiger partial charge is 0.452 e. The van der Waals surface area contributed by atoms with Gasteiger partial charge in [-0.25, -0.2) is 4.79 Å². The van der Waals surface area contributed by atoms with Crippen LogP contribution in [0.1, 0.15) is 92.9 Å². The Morgan fingerprint density at radius 1 is 0.800 bits per heavy atom. The lowest BCUT2D eigenvalue weighted by atomic mass is 9.35. The van der Waals surface area contributed by atoms with Crippen molar-refractivity contribution in [3.8, 4) is 0 Å². The summed E-state index contributed by atoms with van der Waals surface area (Å²) in [6, 6.07) is 0. The van der Waals surface area contributed by atoms with E-state index in [1.54, 1.807) is 6.08 Å². The van der Waals surface area contributed by atoms with Gasteiger partial charge >= 0.3 is 5.97 Å². The monoisotopic (exact) mass is 412 g/mol. The Labute approximate surface area is 182 Å². The maximum Gasteiger partial charge on any atom is 0.331 e. The van der Waals surface area contributed by atoms with E-state index in [-0.39, 0.29) is 22.2 Å². The zero-order valence-corrected chi connectivity index (χ0v) is 19.8. The molecule has 8 atom stereocenters. The van der Waals surface area contributed by atoms with Gasteiger partial charge in [0.05, 0.1) is 0 Å². The summed E-state index contributed by atoms with van der Waals surface area (Å²) in [5.74, 6) is 2.55. The summed E-state index contributed by atoms with van der Waals surface area (Å²) in [6.45, 7) is 14.3. The molecule has 0 aromatic heterocycles. The highest BCUT2D eigenvalue weighted by Gasteiger charge is 2.69. The summed E-state index contributed by atoms with van der Waals surface area (Å²) in [4.78, 5) is 24.7. The first-order valence-electron chi connectivity index (χ1n) is 12.3. The fourth-order valence-corrected chi connectivity index (χ4v) is 9.95. The van der Waals surface area contributed by atoms with Gasteiger partial charge in [0.1, 0.15) is 11.4 Å². The Bertz CT molecular complexity index is 826. The molecule has 0 spiro atoms. The number of hydrogen-bond acceptors (Lipinski definition) is 3. The van der Waals surface area contributed by atoms with Crippen molar-refractivity contribution in [2.24, 2.45) is 45.3 Å². The van der Waals surface area contributed by atoms with Crippen LogP contribution in [-0.2, 0) is 14.3 Å². The van der Waals surface area contributed by atoms with Crippen molar-refractivity contribution in [1.29, 1.82) is 0 Å². The zero-order chi connectivity index (χ0) is 21.7. The third-order valence-corrected chi connectivity index (χ3v) is 11.8. The molecular formula is C27H40O3. The zero-order valence-electron chi connectivity index (χ0n) is 19.8. The lowest BCUT2D eigenvalue weighted by Crippen LogP contribution is -2.63. The number of ether oxygens (including phenoxy) is 1. The van der Waals surface area contributed by atoms with E-state index in [9.17, 15) is 9.59 Å². The number of rotatable bonds is 1. The fraction of sp³-hybridized carbons (Fsp3) is 0.852. The number of esters is 1. The van der Waals surface area contributed by atoms with Crippen LogP contribution in [-0.4, -0.2) is 17.4 Å². The predicted molar refractivity (Wildman–Crippen MR) is 118 cm³/mol. The van der Waals surface area contributed by atoms with Crippen LogP contribution in [0.15, 0.2) is 12.2 Å². The minimum Gasteiger partial charge on any atom is -0.452 e. The average molecular weight is 413 g/mol. The smallest absolute Gasteiger partial charge is 0.331 e. The van der Waals surface area contributed by atoms with E-state index in [0.29, 0.717) is 34.9 Å². The number of fused-ring (bicyclic) bond motifs is 5. The molecule has 4 fully saturated rings. The van der Waals surface area contributed by atoms with Gasteiger partial charge in [-0.15, -0.1) is 0 Å². The molecule has 5 rings (SSSR count). The molecule has 4 saturated carbocycles. The highest BCUT2D eigenvalue weighted by atomic mass is 16.6. The molecule has 0 aromatic carbocycles. The van der Waals surface area contributed by atoms with Crippen LogP contribution in [0.3, 0.4) is 0 Å². The molecule has 0 saturated heterocycles. The van der Waals surface area contributed by atoms with Gasteiger partial charge in [-0.3, -0.25) is 4.79 Å². The van der Waals surface area contributed by atoms with Crippen LogP contribution in [0.5, 0.6) is 0 Å². The van der Waals surface area contributed by atoms with Gasteiger partial charge in [-0.1, -0.05) is 34.6 Å². The van der Waals surface area contributed by atoms with E-state index in [1.807, 2.05) is 6.08 Å². The van der Waals surface area contributed by atoms with Gasteiger partial charge in [0.2, 0.25) is 0 Å². The second kappa shape index (κ2) is 6.01. The maximum atomic E-state index is 12.8. The van der Waals surface area contributed by atoms with Crippen LogP contribution >= 0.6 is 0 Å². The quantitative estimate of drug-likeness (QED) is 0.488. The van der Waals surface area contributed by atoms with Crippen LogP contribution in [0.2, 0.25) is 0 Å². The first-order valence-corrected chi connectivity index (χ1v) is 12.3. The van der Waals surface area contributed by atoms with E-state index in [2.05, 4.69) is 41.5 Å². The normalized spacial score (nSPS) is 54.3. The Morgan fingerprint density at radius 2 is 1.50 bits per heavy atom. The van der Waals surface area contributed by atoms with Gasteiger partial charge < -0.3 is 4.74 Å². The number of Topliss-reactive ketones (excluding diaryl/α,β-unsaturated/α-hetero) is 1. The highest BCUT2D eigenvalue weighted by molar-refractivity contribution is 5.86. The van der Waals surface area contributed by atoms with E-state index in [4.69, 9.17) is 4.74 Å². The Balaban J connectivity index is 1.50. The first-order chi connectivity index (χ1) is 13.9. The lowest BCUT2D eigenvalue weighted by molar-refractivity contribution is -0.206. The van der Waals surface area contributed by atoms with Gasteiger partial charge in [0, 0.05) is 23.8 Å². The predicted octanol–water partition coefficient (Wildman–Crippen LogP) is 6.11. The molecule has 0 unspecified atom stereocenters. The molecular weight excluding hydrogens is 372 g/mol. The number of carbonyl (C=O) groups is 2. The third-order valence-electron chi connectivity index (χ3n) is 11.8. The first kappa shape index (κ1) is 20.8. The van der Waals surface area contributed by atoms with Gasteiger partial charge in [-0.05, 0) is 91.9 Å². The molecule has 1 aliphatic heterocycles. The van der Waals surface area contributed by atoms with Crippen molar-refractivity contribution in [2.45, 2.75) is 98.5 Å². The second-order valence-corrected chi connectivity index (χ2v) is 12.9. The summed E-state index contributed by atoms with van der Waals surface area (Å²) in [5, 5.41) is 0. The van der Waals surface area contributed by atoms with Crippen LogP contribution in [0.4, 0.5) is 0 Å². The maximum absolute atomic E-state index is 12.8. The van der Waals surface area contributed by atoms with E-state index >= 15 is 0 Å². The summed E-state index contributed by atoms with van der Waals surface area (Å²) in [5.41, 5.74) is 0.241. The minimum absolute atomic E-state index is 0.173. The van der Waals surface area contributed by atoms with Crippen LogP contribution in [0.25, 0.3) is 0 Å². The molecule has 0 radical (unpaired) electrons. The summed E-state index contributed by atoms with van der Waals surface area (Å²) in [7, 11) is 0. The molecule has 0 bridgehead atoms. The molecule has 0 aromatic rings. The number of carbonyl (C=O) groups excluding carboxylic acids is 2. The molecule has 166 valence electrons. The molecule has 1 heterocycles. The van der Waals surface area contributed by atoms with Gasteiger partial charge in [0.15, 0.2) is 0 Å². The van der Waals surface area contributed by atoms with Crippen LogP contribution in [0, 0.1) is 45.3 Å². The number of ketones is 1. The van der Waals surface area contributed by atoms with Crippen molar-refractivity contribution in [2.75, 3.05) is 0 Å². The molecule has 5 aliphatic rings. The molecule has 3 nitrogen and oxygen atoms in total. The topological polar surface area (TPSA) is 43.4 Å². The SMILES string of the molecule is CC1(C)C(=O)CC[C@]2(C)[C@H]3CC[C@@H]4[C@@H]([C@]5(C)C=CC(=O)O5)CC[C@@]4(C)[C@]3(C)CC[C@@H]12. The summed E-state index contributed by atoms with van der Waals surface area (Å²) in [6.07, 6.45) is 12.8. The van der Waals surface area contributed by atoms with Gasteiger partial charge in [-0.2, -0.15) is 0 Å². The van der Waals surface area contributed by atoms with Crippen LogP contribution < -0.4 is 0 Å². The second-order valence-electron chi connectivity index (χ2n) is 12.9. The van der Waals surface area contributed by atoms with Gasteiger partial charge in [0.25, 0.3) is 0 Å². The Hall–Kier alpha value is -1.12.